The summed E-state index contributed by atoms with van der Waals surface area (Å²) in [4.78, 5) is 15.7. The van der Waals surface area contributed by atoms with Gasteiger partial charge < -0.3 is 5.11 Å². The standard InChI is InChI=1S/C12H10BrNO2S/c1-6-3-4-8(5-9(6)13)10-11(12(15)16)17-7(2)14-10/h3-5H,1-2H3,(H,15,16). The average Bonchev–Trinajstić information content (AvgIpc) is 2.64. The van der Waals surface area contributed by atoms with Gasteiger partial charge in [-0.2, -0.15) is 0 Å². The molecule has 3 nitrogen and oxygen atoms in total. The molecule has 0 aliphatic rings. The van der Waals surface area contributed by atoms with E-state index in [1.165, 1.54) is 11.3 Å². The topological polar surface area (TPSA) is 50.2 Å². The number of halogens is 1. The molecule has 0 radical (unpaired) electrons. The molecular weight excluding hydrogens is 302 g/mol. The number of hydrogen-bond donors (Lipinski definition) is 1. The molecule has 1 heterocycles. The second kappa shape index (κ2) is 4.58. The number of benzene rings is 1. The number of aromatic nitrogens is 1. The number of nitrogens with zero attached hydrogens (tertiary/aromatic N) is 1. The number of carboxylic acids is 1. The Morgan fingerprint density at radius 2 is 2.12 bits per heavy atom. The van der Waals surface area contributed by atoms with Gasteiger partial charge in [0.25, 0.3) is 0 Å². The molecular formula is C12H10BrNO2S. The van der Waals surface area contributed by atoms with E-state index in [4.69, 9.17) is 5.11 Å². The first kappa shape index (κ1) is 12.3. The summed E-state index contributed by atoms with van der Waals surface area (Å²) in [5.74, 6) is -0.928. The minimum absolute atomic E-state index is 0.290. The second-order valence-electron chi connectivity index (χ2n) is 3.68. The van der Waals surface area contributed by atoms with Crippen molar-refractivity contribution in [3.8, 4) is 11.3 Å². The van der Waals surface area contributed by atoms with Crippen LogP contribution in [0.1, 0.15) is 20.2 Å². The van der Waals surface area contributed by atoms with Crippen molar-refractivity contribution < 1.29 is 9.90 Å². The Labute approximate surface area is 111 Å². The molecule has 88 valence electrons. The fourth-order valence-electron chi connectivity index (χ4n) is 1.51. The van der Waals surface area contributed by atoms with Crippen LogP contribution in [0.4, 0.5) is 0 Å². The van der Waals surface area contributed by atoms with Crippen LogP contribution >= 0.6 is 27.3 Å². The van der Waals surface area contributed by atoms with Gasteiger partial charge in [0.15, 0.2) is 0 Å². The van der Waals surface area contributed by atoms with Crippen LogP contribution in [0.5, 0.6) is 0 Å². The minimum atomic E-state index is -0.928. The van der Waals surface area contributed by atoms with Crippen molar-refractivity contribution in [2.24, 2.45) is 0 Å². The monoisotopic (exact) mass is 311 g/mol. The lowest BCUT2D eigenvalue weighted by molar-refractivity contribution is 0.0702. The van der Waals surface area contributed by atoms with Gasteiger partial charge in [-0.25, -0.2) is 9.78 Å². The van der Waals surface area contributed by atoms with Crippen LogP contribution in [0, 0.1) is 13.8 Å². The van der Waals surface area contributed by atoms with E-state index in [1.807, 2.05) is 32.0 Å². The van der Waals surface area contributed by atoms with Crippen LogP contribution in [0.15, 0.2) is 22.7 Å². The first-order valence-corrected chi connectivity index (χ1v) is 6.57. The smallest absolute Gasteiger partial charge is 0.348 e. The van der Waals surface area contributed by atoms with E-state index in [0.29, 0.717) is 10.6 Å². The van der Waals surface area contributed by atoms with Crippen molar-refractivity contribution in [2.75, 3.05) is 0 Å². The number of rotatable bonds is 2. The van der Waals surface area contributed by atoms with Gasteiger partial charge in [0.2, 0.25) is 0 Å². The molecule has 17 heavy (non-hydrogen) atoms. The number of thiazole rings is 1. The van der Waals surface area contributed by atoms with E-state index in [9.17, 15) is 4.79 Å². The molecule has 0 saturated heterocycles. The highest BCUT2D eigenvalue weighted by Crippen LogP contribution is 2.30. The number of carbonyl (C=O) groups is 1. The zero-order chi connectivity index (χ0) is 12.6. The Balaban J connectivity index is 2.59. The van der Waals surface area contributed by atoms with Crippen molar-refractivity contribution in [3.63, 3.8) is 0 Å². The van der Waals surface area contributed by atoms with Crippen molar-refractivity contribution in [1.82, 2.24) is 4.98 Å². The van der Waals surface area contributed by atoms with E-state index < -0.39 is 5.97 Å². The molecule has 1 N–H and O–H groups in total. The first-order chi connectivity index (χ1) is 7.99. The maximum absolute atomic E-state index is 11.1. The highest BCUT2D eigenvalue weighted by atomic mass is 79.9. The Morgan fingerprint density at radius 1 is 1.41 bits per heavy atom. The molecule has 0 amide bonds. The van der Waals surface area contributed by atoms with E-state index in [0.717, 1.165) is 20.6 Å². The molecule has 0 aliphatic carbocycles. The first-order valence-electron chi connectivity index (χ1n) is 4.96. The highest BCUT2D eigenvalue weighted by Gasteiger charge is 2.17. The van der Waals surface area contributed by atoms with Crippen molar-refractivity contribution in [1.29, 1.82) is 0 Å². The molecule has 2 rings (SSSR count). The molecule has 5 heteroatoms. The summed E-state index contributed by atoms with van der Waals surface area (Å²) >= 11 is 4.64. The molecule has 0 saturated carbocycles. The van der Waals surface area contributed by atoms with Gasteiger partial charge in [0.1, 0.15) is 4.88 Å². The third kappa shape index (κ3) is 2.40. The van der Waals surface area contributed by atoms with E-state index in [1.54, 1.807) is 0 Å². The predicted octanol–water partition coefficient (Wildman–Crippen LogP) is 3.89. The van der Waals surface area contributed by atoms with Gasteiger partial charge in [0.05, 0.1) is 10.7 Å². The predicted molar refractivity (Wildman–Crippen MR) is 71.7 cm³/mol. The maximum Gasteiger partial charge on any atom is 0.348 e. The van der Waals surface area contributed by atoms with Crippen LogP contribution in [0.25, 0.3) is 11.3 Å². The van der Waals surface area contributed by atoms with E-state index >= 15 is 0 Å². The van der Waals surface area contributed by atoms with Crippen LogP contribution in [0.3, 0.4) is 0 Å². The number of carboxylic acid groups (broad SMARTS) is 1. The molecule has 0 unspecified atom stereocenters. The average molecular weight is 312 g/mol. The molecule has 1 aromatic heterocycles. The van der Waals surface area contributed by atoms with Gasteiger partial charge >= 0.3 is 5.97 Å². The van der Waals surface area contributed by atoms with Crippen molar-refractivity contribution in [3.05, 3.63) is 38.1 Å². The lowest BCUT2D eigenvalue weighted by Crippen LogP contribution is -1.95. The Kier molecular flexibility index (Phi) is 3.31. The van der Waals surface area contributed by atoms with Gasteiger partial charge in [0, 0.05) is 10.0 Å². The summed E-state index contributed by atoms with van der Waals surface area (Å²) in [5.41, 5.74) is 2.47. The third-order valence-electron chi connectivity index (χ3n) is 2.37. The maximum atomic E-state index is 11.1. The number of aromatic carboxylic acids is 1. The molecule has 2 aromatic rings. The fourth-order valence-corrected chi connectivity index (χ4v) is 2.67. The summed E-state index contributed by atoms with van der Waals surface area (Å²) in [6, 6.07) is 5.73. The lowest BCUT2D eigenvalue weighted by Gasteiger charge is -2.02. The lowest BCUT2D eigenvalue weighted by atomic mass is 10.1. The van der Waals surface area contributed by atoms with Crippen molar-refractivity contribution in [2.45, 2.75) is 13.8 Å². The van der Waals surface area contributed by atoms with Gasteiger partial charge in [-0.05, 0) is 25.5 Å². The van der Waals surface area contributed by atoms with Gasteiger partial charge in [-0.3, -0.25) is 0 Å². The Bertz CT molecular complexity index is 592. The molecule has 0 atom stereocenters. The zero-order valence-corrected chi connectivity index (χ0v) is 11.7. The van der Waals surface area contributed by atoms with Crippen LogP contribution < -0.4 is 0 Å². The van der Waals surface area contributed by atoms with E-state index in [-0.39, 0.29) is 0 Å². The minimum Gasteiger partial charge on any atom is -0.477 e. The summed E-state index contributed by atoms with van der Waals surface area (Å²) in [6.45, 7) is 3.79. The molecule has 0 bridgehead atoms. The van der Waals surface area contributed by atoms with Crippen molar-refractivity contribution >= 4 is 33.2 Å². The van der Waals surface area contributed by atoms with E-state index in [2.05, 4.69) is 20.9 Å². The van der Waals surface area contributed by atoms with Crippen LogP contribution in [-0.2, 0) is 0 Å². The summed E-state index contributed by atoms with van der Waals surface area (Å²) in [7, 11) is 0. The fraction of sp³-hybridized carbons (Fsp3) is 0.167. The zero-order valence-electron chi connectivity index (χ0n) is 9.32. The SMILES string of the molecule is Cc1nc(-c2ccc(C)c(Br)c2)c(C(=O)O)s1. The Hall–Kier alpha value is -1.20. The summed E-state index contributed by atoms with van der Waals surface area (Å²) in [5, 5.41) is 9.88. The summed E-state index contributed by atoms with van der Waals surface area (Å²) < 4.78 is 0.956. The molecule has 0 aliphatic heterocycles. The number of aryl methyl sites for hydroxylation is 2. The van der Waals surface area contributed by atoms with Gasteiger partial charge in [-0.1, -0.05) is 28.1 Å². The van der Waals surface area contributed by atoms with Gasteiger partial charge in [-0.15, -0.1) is 11.3 Å². The number of hydrogen-bond acceptors (Lipinski definition) is 3. The van der Waals surface area contributed by atoms with Crippen LogP contribution in [0.2, 0.25) is 0 Å². The Morgan fingerprint density at radius 3 is 2.71 bits per heavy atom. The highest BCUT2D eigenvalue weighted by molar-refractivity contribution is 9.10. The summed E-state index contributed by atoms with van der Waals surface area (Å²) in [6.07, 6.45) is 0. The largest absolute Gasteiger partial charge is 0.477 e. The van der Waals surface area contributed by atoms with Crippen LogP contribution in [-0.4, -0.2) is 16.1 Å². The third-order valence-corrected chi connectivity index (χ3v) is 4.19. The second-order valence-corrected chi connectivity index (χ2v) is 5.74. The molecule has 0 fully saturated rings. The normalized spacial score (nSPS) is 10.5. The molecule has 1 aromatic carbocycles. The quantitative estimate of drug-likeness (QED) is 0.915. The molecule has 0 spiro atoms.